The van der Waals surface area contributed by atoms with Crippen LogP contribution in [0.4, 0.5) is 0 Å². The average molecular weight is 275 g/mol. The minimum absolute atomic E-state index is 0.377. The molecule has 0 heterocycles. The third-order valence-electron chi connectivity index (χ3n) is 4.79. The summed E-state index contributed by atoms with van der Waals surface area (Å²) in [4.78, 5) is 0. The zero-order valence-corrected chi connectivity index (χ0v) is 13.2. The van der Waals surface area contributed by atoms with E-state index in [1.54, 1.807) is 6.07 Å². The van der Waals surface area contributed by atoms with Gasteiger partial charge >= 0.3 is 0 Å². The lowest BCUT2D eigenvalue weighted by molar-refractivity contribution is 0.161. The minimum atomic E-state index is 0.377. The van der Waals surface area contributed by atoms with Gasteiger partial charge in [-0.2, -0.15) is 0 Å². The summed E-state index contributed by atoms with van der Waals surface area (Å²) >= 11 is 0. The van der Waals surface area contributed by atoms with Crippen molar-refractivity contribution in [2.75, 3.05) is 6.54 Å². The highest BCUT2D eigenvalue weighted by atomic mass is 16.3. The highest BCUT2D eigenvalue weighted by Gasteiger charge is 2.31. The van der Waals surface area contributed by atoms with Crippen molar-refractivity contribution in [3.05, 3.63) is 29.8 Å². The molecule has 20 heavy (non-hydrogen) atoms. The van der Waals surface area contributed by atoms with E-state index < -0.39 is 0 Å². The fourth-order valence-corrected chi connectivity index (χ4v) is 3.43. The van der Waals surface area contributed by atoms with Crippen LogP contribution in [-0.2, 0) is 6.42 Å². The molecular weight excluding hydrogens is 246 g/mol. The smallest absolute Gasteiger partial charge is 0.115 e. The standard InChI is InChI=1S/C18H29NO/c1-4-19-17(13-14-6-5-7-16(20)12-14)15-8-10-18(2,3)11-9-15/h5-7,12,15,17,19-20H,4,8-11,13H2,1-3H3. The maximum absolute atomic E-state index is 9.61. The van der Waals surface area contributed by atoms with Crippen molar-refractivity contribution in [1.82, 2.24) is 5.32 Å². The quantitative estimate of drug-likeness (QED) is 0.847. The van der Waals surface area contributed by atoms with Crippen molar-refractivity contribution in [3.8, 4) is 5.75 Å². The van der Waals surface area contributed by atoms with E-state index in [0.717, 1.165) is 18.9 Å². The Kier molecular flexibility index (Phi) is 5.09. The summed E-state index contributed by atoms with van der Waals surface area (Å²) in [5.41, 5.74) is 1.76. The van der Waals surface area contributed by atoms with Crippen LogP contribution in [0.15, 0.2) is 24.3 Å². The van der Waals surface area contributed by atoms with Gasteiger partial charge in [0.1, 0.15) is 5.75 Å². The summed E-state index contributed by atoms with van der Waals surface area (Å²) < 4.78 is 0. The van der Waals surface area contributed by atoms with Crippen LogP contribution in [0, 0.1) is 11.3 Å². The Labute approximate surface area is 123 Å². The predicted molar refractivity (Wildman–Crippen MR) is 85.0 cm³/mol. The molecule has 112 valence electrons. The average Bonchev–Trinajstić information content (AvgIpc) is 2.38. The number of rotatable bonds is 5. The molecule has 2 heteroatoms. The summed E-state index contributed by atoms with van der Waals surface area (Å²) in [5.74, 6) is 1.15. The molecule has 1 saturated carbocycles. The Hall–Kier alpha value is -1.02. The molecule has 0 amide bonds. The van der Waals surface area contributed by atoms with Crippen LogP contribution in [0.25, 0.3) is 0 Å². The van der Waals surface area contributed by atoms with E-state index in [1.807, 2.05) is 12.1 Å². The SMILES string of the molecule is CCNC(Cc1cccc(O)c1)C1CCC(C)(C)CC1. The zero-order chi connectivity index (χ0) is 14.6. The molecular formula is C18H29NO. The summed E-state index contributed by atoms with van der Waals surface area (Å²) in [6, 6.07) is 8.25. The normalized spacial score (nSPS) is 20.8. The van der Waals surface area contributed by atoms with Gasteiger partial charge in [-0.3, -0.25) is 0 Å². The lowest BCUT2D eigenvalue weighted by atomic mass is 9.70. The molecule has 1 aliphatic rings. The summed E-state index contributed by atoms with van der Waals surface area (Å²) in [7, 11) is 0. The molecule has 1 aliphatic carbocycles. The van der Waals surface area contributed by atoms with Crippen LogP contribution in [0.5, 0.6) is 5.75 Å². The van der Waals surface area contributed by atoms with Crippen LogP contribution < -0.4 is 5.32 Å². The van der Waals surface area contributed by atoms with E-state index >= 15 is 0 Å². The first-order chi connectivity index (χ1) is 9.50. The summed E-state index contributed by atoms with van der Waals surface area (Å²) in [6.07, 6.45) is 6.33. The molecule has 1 atom stereocenters. The monoisotopic (exact) mass is 275 g/mol. The van der Waals surface area contributed by atoms with Gasteiger partial charge in [0.2, 0.25) is 0 Å². The number of likely N-dealkylation sites (N-methyl/N-ethyl adjacent to an activating group) is 1. The van der Waals surface area contributed by atoms with Crippen molar-refractivity contribution in [2.24, 2.45) is 11.3 Å². The molecule has 0 bridgehead atoms. The summed E-state index contributed by atoms with van der Waals surface area (Å²) in [6.45, 7) is 7.98. The van der Waals surface area contributed by atoms with Gasteiger partial charge in [0.15, 0.2) is 0 Å². The molecule has 0 saturated heterocycles. The lowest BCUT2D eigenvalue weighted by Gasteiger charge is -2.38. The first kappa shape index (κ1) is 15.4. The number of nitrogens with one attached hydrogen (secondary N) is 1. The predicted octanol–water partition coefficient (Wildman–Crippen LogP) is 4.13. The highest BCUT2D eigenvalue weighted by molar-refractivity contribution is 5.27. The Bertz CT molecular complexity index is 417. The molecule has 2 N–H and O–H groups in total. The van der Waals surface area contributed by atoms with Crippen LogP contribution in [0.2, 0.25) is 0 Å². The topological polar surface area (TPSA) is 32.3 Å². The first-order valence-electron chi connectivity index (χ1n) is 8.01. The first-order valence-corrected chi connectivity index (χ1v) is 8.01. The Morgan fingerprint density at radius 2 is 2.00 bits per heavy atom. The van der Waals surface area contributed by atoms with Gasteiger partial charge in [0.05, 0.1) is 0 Å². The largest absolute Gasteiger partial charge is 0.508 e. The number of benzene rings is 1. The van der Waals surface area contributed by atoms with Crippen LogP contribution in [0.1, 0.15) is 52.0 Å². The summed E-state index contributed by atoms with van der Waals surface area (Å²) in [5, 5.41) is 13.3. The maximum atomic E-state index is 9.61. The highest BCUT2D eigenvalue weighted by Crippen LogP contribution is 2.39. The van der Waals surface area contributed by atoms with Gasteiger partial charge in [-0.1, -0.05) is 32.9 Å². The number of phenolic OH excluding ortho intramolecular Hbond substituents is 1. The third-order valence-corrected chi connectivity index (χ3v) is 4.79. The van der Waals surface area contributed by atoms with Crippen LogP contribution >= 0.6 is 0 Å². The fourth-order valence-electron chi connectivity index (χ4n) is 3.43. The Morgan fingerprint density at radius 1 is 1.30 bits per heavy atom. The van der Waals surface area contributed by atoms with Crippen LogP contribution in [-0.4, -0.2) is 17.7 Å². The molecule has 1 aromatic carbocycles. The molecule has 0 aromatic heterocycles. The van der Waals surface area contributed by atoms with Gasteiger partial charge in [-0.15, -0.1) is 0 Å². The number of hydrogen-bond acceptors (Lipinski definition) is 2. The van der Waals surface area contributed by atoms with Crippen molar-refractivity contribution in [2.45, 2.75) is 58.9 Å². The van der Waals surface area contributed by atoms with Crippen LogP contribution in [0.3, 0.4) is 0 Å². The second-order valence-electron chi connectivity index (χ2n) is 7.04. The molecule has 2 nitrogen and oxygen atoms in total. The molecule has 0 spiro atoms. The van der Waals surface area contributed by atoms with Crippen molar-refractivity contribution in [3.63, 3.8) is 0 Å². The second kappa shape index (κ2) is 6.62. The third kappa shape index (κ3) is 4.24. The van der Waals surface area contributed by atoms with Gasteiger partial charge in [-0.25, -0.2) is 0 Å². The molecule has 1 unspecified atom stereocenters. The van der Waals surface area contributed by atoms with Gasteiger partial charge in [0, 0.05) is 6.04 Å². The second-order valence-corrected chi connectivity index (χ2v) is 7.04. The molecule has 0 aliphatic heterocycles. The molecule has 0 radical (unpaired) electrons. The van der Waals surface area contributed by atoms with Gasteiger partial charge in [-0.05, 0) is 67.7 Å². The van der Waals surface area contributed by atoms with Crippen molar-refractivity contribution >= 4 is 0 Å². The van der Waals surface area contributed by atoms with E-state index in [9.17, 15) is 5.11 Å². The van der Waals surface area contributed by atoms with Crippen molar-refractivity contribution < 1.29 is 5.11 Å². The van der Waals surface area contributed by atoms with Gasteiger partial charge < -0.3 is 10.4 Å². The van der Waals surface area contributed by atoms with E-state index in [1.165, 1.54) is 31.2 Å². The number of hydrogen-bond donors (Lipinski definition) is 2. The maximum Gasteiger partial charge on any atom is 0.115 e. The number of aromatic hydroxyl groups is 1. The molecule has 1 fully saturated rings. The van der Waals surface area contributed by atoms with Crippen molar-refractivity contribution in [1.29, 1.82) is 0 Å². The fraction of sp³-hybridized carbons (Fsp3) is 0.667. The van der Waals surface area contributed by atoms with E-state index in [4.69, 9.17) is 0 Å². The van der Waals surface area contributed by atoms with Gasteiger partial charge in [0.25, 0.3) is 0 Å². The zero-order valence-electron chi connectivity index (χ0n) is 13.2. The van der Waals surface area contributed by atoms with E-state index in [2.05, 4.69) is 32.2 Å². The lowest BCUT2D eigenvalue weighted by Crippen LogP contribution is -2.40. The Morgan fingerprint density at radius 3 is 2.60 bits per heavy atom. The molecule has 1 aromatic rings. The Balaban J connectivity index is 2.00. The van der Waals surface area contributed by atoms with E-state index in [-0.39, 0.29) is 0 Å². The molecule has 2 rings (SSSR count). The number of phenols is 1. The minimum Gasteiger partial charge on any atom is -0.508 e. The van der Waals surface area contributed by atoms with E-state index in [0.29, 0.717) is 17.2 Å².